The van der Waals surface area contributed by atoms with Gasteiger partial charge in [0.1, 0.15) is 13.2 Å². The molecule has 2 aromatic rings. The zero-order chi connectivity index (χ0) is 14.7. The minimum Gasteiger partial charge on any atom is -0.486 e. The van der Waals surface area contributed by atoms with Gasteiger partial charge in [0, 0.05) is 17.6 Å². The fraction of sp³-hybridized carbons (Fsp3) is 0.294. The standard InChI is InChI=1S/C17H18BrNO2/c1-19(12-14-4-2-3-5-15(14)18)11-13-6-7-16-17(10-13)21-9-8-20-16/h2-7,10H,8-9,11-12H2,1H3. The summed E-state index contributed by atoms with van der Waals surface area (Å²) in [6.07, 6.45) is 0. The van der Waals surface area contributed by atoms with Crippen molar-refractivity contribution in [2.75, 3.05) is 20.3 Å². The molecule has 0 aromatic heterocycles. The number of ether oxygens (including phenoxy) is 2. The Kier molecular flexibility index (Phi) is 4.46. The lowest BCUT2D eigenvalue weighted by Crippen LogP contribution is -2.19. The Bertz CT molecular complexity index is 630. The first kappa shape index (κ1) is 14.4. The summed E-state index contributed by atoms with van der Waals surface area (Å²) in [6.45, 7) is 3.03. The van der Waals surface area contributed by atoms with Crippen LogP contribution in [-0.2, 0) is 13.1 Å². The van der Waals surface area contributed by atoms with Crippen molar-refractivity contribution in [3.63, 3.8) is 0 Å². The Hall–Kier alpha value is -1.52. The molecule has 2 aromatic carbocycles. The third kappa shape index (κ3) is 3.57. The summed E-state index contributed by atoms with van der Waals surface area (Å²) < 4.78 is 12.3. The summed E-state index contributed by atoms with van der Waals surface area (Å²) in [5, 5.41) is 0. The maximum Gasteiger partial charge on any atom is 0.161 e. The van der Waals surface area contributed by atoms with E-state index < -0.39 is 0 Å². The molecule has 0 fully saturated rings. The van der Waals surface area contributed by atoms with Crippen LogP contribution in [0.2, 0.25) is 0 Å². The van der Waals surface area contributed by atoms with E-state index in [0.29, 0.717) is 13.2 Å². The molecule has 3 nitrogen and oxygen atoms in total. The van der Waals surface area contributed by atoms with Gasteiger partial charge in [0.2, 0.25) is 0 Å². The van der Waals surface area contributed by atoms with Gasteiger partial charge in [-0.25, -0.2) is 0 Å². The summed E-state index contributed by atoms with van der Waals surface area (Å²) in [4.78, 5) is 2.28. The molecular weight excluding hydrogens is 330 g/mol. The summed E-state index contributed by atoms with van der Waals surface area (Å²) in [6, 6.07) is 14.5. The molecule has 1 aliphatic rings. The zero-order valence-corrected chi connectivity index (χ0v) is 13.6. The molecular formula is C17H18BrNO2. The molecule has 3 rings (SSSR count). The molecule has 0 N–H and O–H groups in total. The van der Waals surface area contributed by atoms with Crippen molar-refractivity contribution in [2.45, 2.75) is 13.1 Å². The molecule has 0 amide bonds. The smallest absolute Gasteiger partial charge is 0.161 e. The molecule has 0 spiro atoms. The van der Waals surface area contributed by atoms with Crippen LogP contribution in [0.4, 0.5) is 0 Å². The van der Waals surface area contributed by atoms with Gasteiger partial charge in [-0.3, -0.25) is 4.90 Å². The summed E-state index contributed by atoms with van der Waals surface area (Å²) in [5.74, 6) is 1.70. The number of halogens is 1. The normalized spacial score (nSPS) is 13.5. The van der Waals surface area contributed by atoms with Crippen LogP contribution < -0.4 is 9.47 Å². The summed E-state index contributed by atoms with van der Waals surface area (Å²) in [5.41, 5.74) is 2.52. The van der Waals surface area contributed by atoms with Crippen LogP contribution in [0, 0.1) is 0 Å². The van der Waals surface area contributed by atoms with Crippen LogP contribution in [0.5, 0.6) is 11.5 Å². The van der Waals surface area contributed by atoms with Gasteiger partial charge < -0.3 is 9.47 Å². The maximum atomic E-state index is 5.63. The van der Waals surface area contributed by atoms with Crippen LogP contribution in [0.15, 0.2) is 46.9 Å². The highest BCUT2D eigenvalue weighted by molar-refractivity contribution is 9.10. The van der Waals surface area contributed by atoms with Crippen molar-refractivity contribution < 1.29 is 9.47 Å². The highest BCUT2D eigenvalue weighted by Gasteiger charge is 2.12. The van der Waals surface area contributed by atoms with Crippen LogP contribution in [0.25, 0.3) is 0 Å². The lowest BCUT2D eigenvalue weighted by molar-refractivity contribution is 0.171. The van der Waals surface area contributed by atoms with Gasteiger partial charge in [-0.2, -0.15) is 0 Å². The minimum atomic E-state index is 0.628. The molecule has 1 heterocycles. The lowest BCUT2D eigenvalue weighted by atomic mass is 10.1. The van der Waals surface area contributed by atoms with E-state index in [4.69, 9.17) is 9.47 Å². The topological polar surface area (TPSA) is 21.7 Å². The highest BCUT2D eigenvalue weighted by Crippen LogP contribution is 2.31. The largest absolute Gasteiger partial charge is 0.486 e. The van der Waals surface area contributed by atoms with Gasteiger partial charge in [-0.05, 0) is 36.4 Å². The van der Waals surface area contributed by atoms with Crippen molar-refractivity contribution in [3.8, 4) is 11.5 Å². The molecule has 110 valence electrons. The van der Waals surface area contributed by atoms with Gasteiger partial charge in [0.25, 0.3) is 0 Å². The van der Waals surface area contributed by atoms with E-state index in [9.17, 15) is 0 Å². The average molecular weight is 348 g/mol. The van der Waals surface area contributed by atoms with E-state index >= 15 is 0 Å². The van der Waals surface area contributed by atoms with Gasteiger partial charge in [-0.15, -0.1) is 0 Å². The van der Waals surface area contributed by atoms with E-state index in [2.05, 4.69) is 58.2 Å². The molecule has 0 atom stereocenters. The molecule has 0 saturated carbocycles. The van der Waals surface area contributed by atoms with E-state index in [-0.39, 0.29) is 0 Å². The Balaban J connectivity index is 1.67. The molecule has 0 unspecified atom stereocenters. The Morgan fingerprint density at radius 2 is 1.76 bits per heavy atom. The van der Waals surface area contributed by atoms with Crippen molar-refractivity contribution in [1.29, 1.82) is 0 Å². The first-order chi connectivity index (χ1) is 10.2. The summed E-state index contributed by atoms with van der Waals surface area (Å²) in [7, 11) is 2.12. The maximum absolute atomic E-state index is 5.63. The fourth-order valence-corrected chi connectivity index (χ4v) is 2.88. The van der Waals surface area contributed by atoms with Crippen molar-refractivity contribution in [2.24, 2.45) is 0 Å². The van der Waals surface area contributed by atoms with Crippen molar-refractivity contribution in [3.05, 3.63) is 58.1 Å². The van der Waals surface area contributed by atoms with Gasteiger partial charge >= 0.3 is 0 Å². The zero-order valence-electron chi connectivity index (χ0n) is 12.0. The van der Waals surface area contributed by atoms with Crippen LogP contribution in [0.3, 0.4) is 0 Å². The van der Waals surface area contributed by atoms with Gasteiger partial charge in [0.05, 0.1) is 0 Å². The molecule has 0 aliphatic carbocycles. The lowest BCUT2D eigenvalue weighted by Gasteiger charge is -2.21. The van der Waals surface area contributed by atoms with E-state index in [1.54, 1.807) is 0 Å². The third-order valence-electron chi connectivity index (χ3n) is 3.46. The second-order valence-corrected chi connectivity index (χ2v) is 6.10. The van der Waals surface area contributed by atoms with Crippen molar-refractivity contribution >= 4 is 15.9 Å². The SMILES string of the molecule is CN(Cc1ccc2c(c1)OCCO2)Cc1ccccc1Br. The molecule has 0 saturated heterocycles. The van der Waals surface area contributed by atoms with Crippen LogP contribution in [-0.4, -0.2) is 25.2 Å². The Morgan fingerprint density at radius 1 is 1.00 bits per heavy atom. The molecule has 0 bridgehead atoms. The molecule has 4 heteroatoms. The van der Waals surface area contributed by atoms with Crippen molar-refractivity contribution in [1.82, 2.24) is 4.90 Å². The Labute approximate surface area is 133 Å². The predicted octanol–water partition coefficient (Wildman–Crippen LogP) is 3.85. The Morgan fingerprint density at radius 3 is 2.57 bits per heavy atom. The third-order valence-corrected chi connectivity index (χ3v) is 4.23. The predicted molar refractivity (Wildman–Crippen MR) is 86.7 cm³/mol. The van der Waals surface area contributed by atoms with Crippen LogP contribution in [0.1, 0.15) is 11.1 Å². The highest BCUT2D eigenvalue weighted by atomic mass is 79.9. The fourth-order valence-electron chi connectivity index (χ4n) is 2.47. The summed E-state index contributed by atoms with van der Waals surface area (Å²) >= 11 is 3.60. The quantitative estimate of drug-likeness (QED) is 0.838. The second-order valence-electron chi connectivity index (χ2n) is 5.24. The number of benzene rings is 2. The number of hydrogen-bond donors (Lipinski definition) is 0. The van der Waals surface area contributed by atoms with Gasteiger partial charge in [0.15, 0.2) is 11.5 Å². The van der Waals surface area contributed by atoms with Gasteiger partial charge in [-0.1, -0.05) is 40.2 Å². The number of fused-ring (bicyclic) bond motifs is 1. The van der Waals surface area contributed by atoms with E-state index in [1.807, 2.05) is 12.1 Å². The first-order valence-electron chi connectivity index (χ1n) is 7.03. The molecule has 0 radical (unpaired) electrons. The monoisotopic (exact) mass is 347 g/mol. The second kappa shape index (κ2) is 6.50. The van der Waals surface area contributed by atoms with E-state index in [0.717, 1.165) is 29.1 Å². The average Bonchev–Trinajstić information content (AvgIpc) is 2.49. The first-order valence-corrected chi connectivity index (χ1v) is 7.82. The number of nitrogens with zero attached hydrogens (tertiary/aromatic N) is 1. The number of hydrogen-bond acceptors (Lipinski definition) is 3. The van der Waals surface area contributed by atoms with Crippen LogP contribution >= 0.6 is 15.9 Å². The molecule has 21 heavy (non-hydrogen) atoms. The minimum absolute atomic E-state index is 0.628. The number of rotatable bonds is 4. The van der Waals surface area contributed by atoms with E-state index in [1.165, 1.54) is 11.1 Å². The molecule has 1 aliphatic heterocycles.